The van der Waals surface area contributed by atoms with Gasteiger partial charge in [-0.1, -0.05) is 11.2 Å². The van der Waals surface area contributed by atoms with Gasteiger partial charge in [-0.15, -0.1) is 0 Å². The smallest absolute Gasteiger partial charge is 0.151 e. The van der Waals surface area contributed by atoms with Gasteiger partial charge in [-0.25, -0.2) is 9.97 Å². The van der Waals surface area contributed by atoms with Crippen LogP contribution in [0.1, 0.15) is 24.7 Å². The van der Waals surface area contributed by atoms with Crippen LogP contribution < -0.4 is 5.73 Å². The first kappa shape index (κ1) is 16.1. The van der Waals surface area contributed by atoms with Gasteiger partial charge in [-0.05, 0) is 19.4 Å². The topological polar surface area (TPSA) is 89.0 Å². The van der Waals surface area contributed by atoms with Crippen molar-refractivity contribution in [2.45, 2.75) is 33.4 Å². The Morgan fingerprint density at radius 2 is 2.24 bits per heavy atom. The Morgan fingerprint density at radius 3 is 2.90 bits per heavy atom. The lowest BCUT2D eigenvalue weighted by atomic mass is 10.2. The van der Waals surface area contributed by atoms with E-state index in [1.165, 1.54) is 0 Å². The lowest BCUT2D eigenvalue weighted by Gasteiger charge is -2.11. The third-order valence-electron chi connectivity index (χ3n) is 3.31. The Morgan fingerprint density at radius 1 is 1.48 bits per heavy atom. The van der Waals surface area contributed by atoms with Gasteiger partial charge in [0.2, 0.25) is 0 Å². The Hall–Kier alpha value is -1.31. The van der Waals surface area contributed by atoms with Crippen molar-refractivity contribution in [3.63, 3.8) is 0 Å². The normalized spacial score (nSPS) is 13.0. The number of hydrogen-bond donors (Lipinski definition) is 1. The van der Waals surface area contributed by atoms with Crippen molar-refractivity contribution in [2.75, 3.05) is 24.3 Å². The minimum atomic E-state index is -0.785. The van der Waals surface area contributed by atoms with Gasteiger partial charge in [0.15, 0.2) is 5.82 Å². The van der Waals surface area contributed by atoms with Crippen LogP contribution >= 0.6 is 0 Å². The Balaban J connectivity index is 2.39. The summed E-state index contributed by atoms with van der Waals surface area (Å²) in [5.74, 6) is 1.95. The first-order chi connectivity index (χ1) is 10.0. The molecule has 2 heterocycles. The summed E-state index contributed by atoms with van der Waals surface area (Å²) in [6.45, 7) is 5.78. The molecule has 2 aromatic rings. The number of hydrogen-bond acceptors (Lipinski definition) is 5. The van der Waals surface area contributed by atoms with Crippen molar-refractivity contribution in [3.8, 4) is 0 Å². The van der Waals surface area contributed by atoms with Crippen molar-refractivity contribution >= 4 is 28.0 Å². The molecule has 0 spiro atoms. The fourth-order valence-corrected chi connectivity index (χ4v) is 2.87. The van der Waals surface area contributed by atoms with Crippen molar-refractivity contribution in [3.05, 3.63) is 17.6 Å². The summed E-state index contributed by atoms with van der Waals surface area (Å²) in [5.41, 5.74) is 8.69. The molecule has 2 rings (SSSR count). The van der Waals surface area contributed by atoms with E-state index < -0.39 is 11.2 Å². The van der Waals surface area contributed by atoms with Crippen molar-refractivity contribution < 1.29 is 9.29 Å². The molecule has 1 unspecified atom stereocenters. The highest BCUT2D eigenvalue weighted by molar-refractivity contribution is 7.90. The van der Waals surface area contributed by atoms with Crippen LogP contribution in [0.4, 0.5) is 5.82 Å². The lowest BCUT2D eigenvalue weighted by molar-refractivity contribution is 0.126. The molecule has 21 heavy (non-hydrogen) atoms. The summed E-state index contributed by atoms with van der Waals surface area (Å²) in [6, 6.07) is 0. The van der Waals surface area contributed by atoms with Crippen LogP contribution in [0.25, 0.3) is 11.0 Å². The van der Waals surface area contributed by atoms with E-state index in [9.17, 15) is 4.55 Å². The van der Waals surface area contributed by atoms with E-state index in [2.05, 4.69) is 14.5 Å². The number of fused-ring (bicyclic) bond motifs is 1. The van der Waals surface area contributed by atoms with Gasteiger partial charge in [0, 0.05) is 25.8 Å². The van der Waals surface area contributed by atoms with E-state index >= 15 is 0 Å². The van der Waals surface area contributed by atoms with Crippen molar-refractivity contribution in [1.29, 1.82) is 0 Å². The maximum absolute atomic E-state index is 11.2. The highest BCUT2D eigenvalue weighted by Gasteiger charge is 2.16. The number of pyridine rings is 1. The average Bonchev–Trinajstić information content (AvgIpc) is 2.80. The molecule has 1 atom stereocenters. The molecule has 0 radical (unpaired) electrons. The molecule has 0 amide bonds. The molecule has 0 aliphatic carbocycles. The highest BCUT2D eigenvalue weighted by Crippen LogP contribution is 2.24. The number of rotatable bonds is 7. The largest absolute Gasteiger partial charge is 0.617 e. The predicted octanol–water partition coefficient (Wildman–Crippen LogP) is 1.63. The first-order valence-electron chi connectivity index (χ1n) is 7.02. The summed E-state index contributed by atoms with van der Waals surface area (Å²) in [6.07, 6.45) is 4.31. The minimum absolute atomic E-state index is 0.436. The standard InChI is InChI=1S/C14H22N4O2S/c1-4-20-9-11-17-12-13(10(2)8-16-14(12)15)18(11)6-5-7-21(3)19/h8H,4-7,9H2,1-3H3,(H2,15,16). The Labute approximate surface area is 127 Å². The molecule has 0 fully saturated rings. The van der Waals surface area contributed by atoms with Crippen LogP contribution in [0.3, 0.4) is 0 Å². The molecule has 0 saturated carbocycles. The van der Waals surface area contributed by atoms with E-state index in [1.807, 2.05) is 13.8 Å². The summed E-state index contributed by atoms with van der Waals surface area (Å²) in [4.78, 5) is 8.75. The van der Waals surface area contributed by atoms with Gasteiger partial charge >= 0.3 is 0 Å². The van der Waals surface area contributed by atoms with Gasteiger partial charge < -0.3 is 19.6 Å². The van der Waals surface area contributed by atoms with Crippen LogP contribution in [-0.2, 0) is 29.1 Å². The predicted molar refractivity (Wildman–Crippen MR) is 85.6 cm³/mol. The average molecular weight is 310 g/mol. The number of imidazole rings is 1. The summed E-state index contributed by atoms with van der Waals surface area (Å²) < 4.78 is 18.9. The molecule has 2 N–H and O–H groups in total. The Bertz CT molecular complexity index is 613. The second kappa shape index (κ2) is 7.11. The molecule has 0 aliphatic heterocycles. The van der Waals surface area contributed by atoms with Gasteiger partial charge in [0.1, 0.15) is 23.7 Å². The minimum Gasteiger partial charge on any atom is -0.617 e. The van der Waals surface area contributed by atoms with Crippen LogP contribution in [0.2, 0.25) is 0 Å². The fourth-order valence-electron chi connectivity index (χ4n) is 2.34. The Kier molecular flexibility index (Phi) is 5.44. The summed E-state index contributed by atoms with van der Waals surface area (Å²) >= 11 is -0.785. The number of ether oxygens (including phenoxy) is 1. The van der Waals surface area contributed by atoms with E-state index in [4.69, 9.17) is 10.5 Å². The monoisotopic (exact) mass is 310 g/mol. The second-order valence-corrected chi connectivity index (χ2v) is 6.53. The van der Waals surface area contributed by atoms with Gasteiger partial charge in [0.25, 0.3) is 0 Å². The number of nitrogen functional groups attached to an aromatic ring is 1. The number of aromatic nitrogens is 3. The van der Waals surface area contributed by atoms with E-state index in [0.717, 1.165) is 35.4 Å². The molecular formula is C14H22N4O2S. The molecule has 0 aromatic carbocycles. The third-order valence-corrected chi connectivity index (χ3v) is 4.17. The number of anilines is 1. The maximum Gasteiger partial charge on any atom is 0.151 e. The zero-order chi connectivity index (χ0) is 15.4. The maximum atomic E-state index is 11.2. The van der Waals surface area contributed by atoms with Crippen LogP contribution in [-0.4, -0.2) is 37.7 Å². The molecule has 6 nitrogen and oxygen atoms in total. The molecule has 7 heteroatoms. The third kappa shape index (κ3) is 3.66. The van der Waals surface area contributed by atoms with E-state index in [0.29, 0.717) is 24.8 Å². The van der Waals surface area contributed by atoms with Crippen molar-refractivity contribution in [1.82, 2.24) is 14.5 Å². The molecule has 0 aliphatic rings. The second-order valence-electron chi connectivity index (χ2n) is 4.97. The van der Waals surface area contributed by atoms with Gasteiger partial charge in [0.05, 0.1) is 11.8 Å². The van der Waals surface area contributed by atoms with Gasteiger partial charge in [-0.2, -0.15) is 0 Å². The number of aryl methyl sites for hydroxylation is 2. The van der Waals surface area contributed by atoms with Crippen LogP contribution in [0.5, 0.6) is 0 Å². The van der Waals surface area contributed by atoms with Crippen molar-refractivity contribution in [2.24, 2.45) is 0 Å². The van der Waals surface area contributed by atoms with Gasteiger partial charge in [-0.3, -0.25) is 0 Å². The zero-order valence-electron chi connectivity index (χ0n) is 12.8. The van der Waals surface area contributed by atoms with Crippen LogP contribution in [0, 0.1) is 6.92 Å². The molecule has 116 valence electrons. The molecule has 0 bridgehead atoms. The number of nitrogens with two attached hydrogens (primary N) is 1. The number of nitrogens with zero attached hydrogens (tertiary/aromatic N) is 3. The SMILES string of the molecule is CCOCc1nc2c(N)ncc(C)c2n1CCC[S+](C)[O-]. The fraction of sp³-hybridized carbons (Fsp3) is 0.571. The van der Waals surface area contributed by atoms with Crippen LogP contribution in [0.15, 0.2) is 6.20 Å². The molecular weight excluding hydrogens is 288 g/mol. The zero-order valence-corrected chi connectivity index (χ0v) is 13.6. The van der Waals surface area contributed by atoms with E-state index in [1.54, 1.807) is 12.5 Å². The highest BCUT2D eigenvalue weighted by atomic mass is 32.2. The lowest BCUT2D eigenvalue weighted by Crippen LogP contribution is -2.11. The molecule has 2 aromatic heterocycles. The quantitative estimate of drug-likeness (QED) is 0.785. The summed E-state index contributed by atoms with van der Waals surface area (Å²) in [5, 5.41) is 0. The van der Waals surface area contributed by atoms with E-state index in [-0.39, 0.29) is 0 Å². The summed E-state index contributed by atoms with van der Waals surface area (Å²) in [7, 11) is 0. The molecule has 0 saturated heterocycles. The first-order valence-corrected chi connectivity index (χ1v) is 8.75.